The van der Waals surface area contributed by atoms with Gasteiger partial charge in [0.1, 0.15) is 0 Å². The third kappa shape index (κ3) is 3.71. The Balaban J connectivity index is 2.00. The predicted octanol–water partition coefficient (Wildman–Crippen LogP) is 5.17. The zero-order valence-corrected chi connectivity index (χ0v) is 16.1. The lowest BCUT2D eigenvalue weighted by atomic mass is 9.98. The summed E-state index contributed by atoms with van der Waals surface area (Å²) in [6, 6.07) is 20.0. The molecule has 25 heavy (non-hydrogen) atoms. The molecule has 0 amide bonds. The SMILES string of the molecule is COP(=O)(OC)C1(O)C[C@@H](c2ccccc2)S[C@@H](c2ccccc2)C1. The van der Waals surface area contributed by atoms with Crippen LogP contribution in [0.25, 0.3) is 0 Å². The van der Waals surface area contributed by atoms with Crippen molar-refractivity contribution in [1.82, 2.24) is 0 Å². The van der Waals surface area contributed by atoms with E-state index in [1.165, 1.54) is 14.2 Å². The summed E-state index contributed by atoms with van der Waals surface area (Å²) in [5, 5.41) is 9.81. The maximum atomic E-state index is 13.1. The van der Waals surface area contributed by atoms with Crippen LogP contribution in [0.3, 0.4) is 0 Å². The minimum atomic E-state index is -3.64. The van der Waals surface area contributed by atoms with Gasteiger partial charge in [0.15, 0.2) is 5.34 Å². The average molecular weight is 378 g/mol. The van der Waals surface area contributed by atoms with Gasteiger partial charge in [0, 0.05) is 37.6 Å². The lowest BCUT2D eigenvalue weighted by Gasteiger charge is -2.43. The van der Waals surface area contributed by atoms with Crippen molar-refractivity contribution in [2.75, 3.05) is 14.2 Å². The Hall–Kier alpha value is -1.10. The highest BCUT2D eigenvalue weighted by Crippen LogP contribution is 2.68. The lowest BCUT2D eigenvalue weighted by Crippen LogP contribution is -2.36. The van der Waals surface area contributed by atoms with E-state index < -0.39 is 12.9 Å². The van der Waals surface area contributed by atoms with Crippen LogP contribution in [0, 0.1) is 0 Å². The molecule has 1 fully saturated rings. The fraction of sp³-hybridized carbons (Fsp3) is 0.368. The summed E-state index contributed by atoms with van der Waals surface area (Å²) in [6.45, 7) is 0. The summed E-state index contributed by atoms with van der Waals surface area (Å²) in [4.78, 5) is 0. The smallest absolute Gasteiger partial charge is 0.361 e. The Morgan fingerprint density at radius 2 is 1.32 bits per heavy atom. The van der Waals surface area contributed by atoms with E-state index in [0.717, 1.165) is 11.1 Å². The summed E-state index contributed by atoms with van der Waals surface area (Å²) >= 11 is 1.78. The molecule has 1 unspecified atom stereocenters. The largest absolute Gasteiger partial charge is 0.377 e. The minimum absolute atomic E-state index is 0.00350. The van der Waals surface area contributed by atoms with Crippen LogP contribution in [0.15, 0.2) is 60.7 Å². The minimum Gasteiger partial charge on any atom is -0.377 e. The second kappa shape index (κ2) is 7.65. The third-order valence-electron chi connectivity index (χ3n) is 4.69. The number of aliphatic hydroxyl groups is 1. The van der Waals surface area contributed by atoms with Crippen molar-refractivity contribution >= 4 is 19.4 Å². The van der Waals surface area contributed by atoms with Crippen molar-refractivity contribution < 1.29 is 18.7 Å². The zero-order chi connectivity index (χ0) is 17.9. The highest BCUT2D eigenvalue weighted by Gasteiger charge is 2.54. The lowest BCUT2D eigenvalue weighted by molar-refractivity contribution is 0.0581. The van der Waals surface area contributed by atoms with Crippen molar-refractivity contribution in [3.05, 3.63) is 71.8 Å². The molecule has 2 aromatic rings. The van der Waals surface area contributed by atoms with E-state index in [4.69, 9.17) is 9.05 Å². The molecule has 3 atom stereocenters. The summed E-state index contributed by atoms with van der Waals surface area (Å²) in [7, 11) is -0.977. The van der Waals surface area contributed by atoms with Crippen molar-refractivity contribution in [3.63, 3.8) is 0 Å². The van der Waals surface area contributed by atoms with Crippen LogP contribution < -0.4 is 0 Å². The van der Waals surface area contributed by atoms with Gasteiger partial charge in [-0.2, -0.15) is 0 Å². The first kappa shape index (κ1) is 18.7. The molecule has 1 aliphatic heterocycles. The van der Waals surface area contributed by atoms with E-state index in [1.54, 1.807) is 11.8 Å². The van der Waals surface area contributed by atoms with Gasteiger partial charge in [-0.3, -0.25) is 4.57 Å². The van der Waals surface area contributed by atoms with Gasteiger partial charge in [-0.05, 0) is 11.1 Å². The van der Waals surface area contributed by atoms with E-state index in [9.17, 15) is 9.67 Å². The van der Waals surface area contributed by atoms with Gasteiger partial charge >= 0.3 is 7.60 Å². The molecule has 0 aliphatic carbocycles. The topological polar surface area (TPSA) is 55.8 Å². The van der Waals surface area contributed by atoms with Crippen LogP contribution in [0.5, 0.6) is 0 Å². The first-order valence-electron chi connectivity index (χ1n) is 8.21. The molecule has 1 heterocycles. The van der Waals surface area contributed by atoms with Crippen LogP contribution in [0.1, 0.15) is 34.5 Å². The maximum absolute atomic E-state index is 13.1. The number of benzene rings is 2. The molecule has 2 aromatic carbocycles. The van der Waals surface area contributed by atoms with Crippen LogP contribution in [-0.4, -0.2) is 24.7 Å². The van der Waals surface area contributed by atoms with Gasteiger partial charge in [-0.1, -0.05) is 60.7 Å². The Labute approximate surface area is 153 Å². The molecule has 134 valence electrons. The zero-order valence-electron chi connectivity index (χ0n) is 14.4. The molecular weight excluding hydrogens is 355 g/mol. The molecule has 1 saturated heterocycles. The van der Waals surface area contributed by atoms with Crippen molar-refractivity contribution in [2.45, 2.75) is 28.7 Å². The fourth-order valence-corrected chi connectivity index (χ4v) is 7.00. The number of hydrogen-bond acceptors (Lipinski definition) is 5. The van der Waals surface area contributed by atoms with E-state index >= 15 is 0 Å². The summed E-state index contributed by atoms with van der Waals surface area (Å²) in [5.41, 5.74) is 2.20. The van der Waals surface area contributed by atoms with E-state index in [0.29, 0.717) is 12.8 Å². The second-order valence-corrected chi connectivity index (χ2v) is 10.2. The van der Waals surface area contributed by atoms with Gasteiger partial charge in [0.05, 0.1) is 0 Å². The second-order valence-electron chi connectivity index (χ2n) is 6.19. The highest BCUT2D eigenvalue weighted by atomic mass is 32.2. The first-order chi connectivity index (χ1) is 12.0. The van der Waals surface area contributed by atoms with Crippen molar-refractivity contribution in [2.24, 2.45) is 0 Å². The van der Waals surface area contributed by atoms with E-state index in [2.05, 4.69) is 0 Å². The van der Waals surface area contributed by atoms with Crippen molar-refractivity contribution in [1.29, 1.82) is 0 Å². The van der Waals surface area contributed by atoms with Crippen LogP contribution in [-0.2, 0) is 13.6 Å². The highest BCUT2D eigenvalue weighted by molar-refractivity contribution is 7.99. The van der Waals surface area contributed by atoms with Gasteiger partial charge in [-0.25, -0.2) is 0 Å². The summed E-state index contributed by atoms with van der Waals surface area (Å²) in [6.07, 6.45) is 0.647. The third-order valence-corrected chi connectivity index (χ3v) is 8.57. The van der Waals surface area contributed by atoms with Gasteiger partial charge in [0.25, 0.3) is 0 Å². The normalized spacial score (nSPS) is 27.2. The van der Waals surface area contributed by atoms with Crippen molar-refractivity contribution in [3.8, 4) is 0 Å². The molecule has 0 aromatic heterocycles. The molecule has 3 rings (SSSR count). The maximum Gasteiger partial charge on any atom is 0.361 e. The quantitative estimate of drug-likeness (QED) is 0.728. The number of thioether (sulfide) groups is 1. The van der Waals surface area contributed by atoms with E-state index in [-0.39, 0.29) is 10.5 Å². The van der Waals surface area contributed by atoms with Gasteiger partial charge < -0.3 is 14.2 Å². The molecular formula is C19H23O4PS. The fourth-order valence-electron chi connectivity index (χ4n) is 3.34. The Kier molecular flexibility index (Phi) is 5.71. The standard InChI is InChI=1S/C19H23O4PS/c1-22-24(21,23-2)19(20)13-17(15-9-5-3-6-10-15)25-18(14-19)16-11-7-4-8-12-16/h3-12,17-18,20H,13-14H2,1-2H3/t17-,18+,19?. The molecule has 6 heteroatoms. The first-order valence-corrected chi connectivity index (χ1v) is 10.7. The van der Waals surface area contributed by atoms with Gasteiger partial charge in [-0.15, -0.1) is 11.8 Å². The van der Waals surface area contributed by atoms with E-state index in [1.807, 2.05) is 60.7 Å². The number of rotatable bonds is 5. The molecule has 0 radical (unpaired) electrons. The monoisotopic (exact) mass is 378 g/mol. The predicted molar refractivity (Wildman–Crippen MR) is 102 cm³/mol. The molecule has 4 nitrogen and oxygen atoms in total. The molecule has 0 spiro atoms. The van der Waals surface area contributed by atoms with Crippen LogP contribution in [0.4, 0.5) is 0 Å². The summed E-state index contributed by atoms with van der Waals surface area (Å²) in [5.74, 6) is 0. The van der Waals surface area contributed by atoms with Gasteiger partial charge in [0.2, 0.25) is 0 Å². The van der Waals surface area contributed by atoms with Crippen LogP contribution in [0.2, 0.25) is 0 Å². The molecule has 1 aliphatic rings. The van der Waals surface area contributed by atoms with Crippen LogP contribution >= 0.6 is 19.4 Å². The Morgan fingerprint density at radius 1 is 0.920 bits per heavy atom. The average Bonchev–Trinajstić information content (AvgIpc) is 2.68. The Bertz CT molecular complexity index is 682. The summed E-state index contributed by atoms with van der Waals surface area (Å²) < 4.78 is 23.4. The molecule has 0 saturated carbocycles. The molecule has 1 N–H and O–H groups in total. The Morgan fingerprint density at radius 3 is 1.68 bits per heavy atom. The number of hydrogen-bond donors (Lipinski definition) is 1. The molecule has 0 bridgehead atoms.